The fourth-order valence-electron chi connectivity index (χ4n) is 2.72. The Morgan fingerprint density at radius 3 is 2.27 bits per heavy atom. The number of amides is 2. The quantitative estimate of drug-likeness (QED) is 0.338. The maximum absolute atomic E-state index is 12.2. The van der Waals surface area contributed by atoms with Gasteiger partial charge in [0, 0.05) is 24.7 Å². The number of carbonyl (C=O) groups excluding carboxylic acids is 3. The van der Waals surface area contributed by atoms with E-state index in [9.17, 15) is 29.7 Å². The van der Waals surface area contributed by atoms with Crippen molar-refractivity contribution in [1.29, 1.82) is 0 Å². The van der Waals surface area contributed by atoms with Crippen LogP contribution >= 0.6 is 0 Å². The lowest BCUT2D eigenvalue weighted by Gasteiger charge is -2.32. The molecule has 26 heavy (non-hydrogen) atoms. The van der Waals surface area contributed by atoms with Crippen LogP contribution in [0.3, 0.4) is 0 Å². The molecular formula is C17H22N2O7. The van der Waals surface area contributed by atoms with Crippen molar-refractivity contribution in [3.05, 3.63) is 17.7 Å². The molecule has 0 saturated carbocycles. The minimum Gasteiger partial charge on any atom is -0.504 e. The van der Waals surface area contributed by atoms with Gasteiger partial charge in [0.05, 0.1) is 6.61 Å². The predicted molar refractivity (Wildman–Crippen MR) is 89.8 cm³/mol. The van der Waals surface area contributed by atoms with Crippen LogP contribution in [0.2, 0.25) is 0 Å². The minimum absolute atomic E-state index is 0.0126. The smallest absolute Gasteiger partial charge is 0.315 e. The number of likely N-dealkylation sites (tertiary alicyclic amines) is 1. The zero-order chi connectivity index (χ0) is 19.3. The molecule has 0 unspecified atom stereocenters. The summed E-state index contributed by atoms with van der Waals surface area (Å²) in [6.07, 6.45) is 0.726. The number of carbonyl (C=O) groups is 3. The van der Waals surface area contributed by atoms with Crippen molar-refractivity contribution in [1.82, 2.24) is 10.2 Å². The van der Waals surface area contributed by atoms with Crippen molar-refractivity contribution in [3.8, 4) is 17.2 Å². The average Bonchev–Trinajstić information content (AvgIpc) is 2.59. The number of aromatic hydroxyl groups is 3. The third kappa shape index (κ3) is 4.78. The summed E-state index contributed by atoms with van der Waals surface area (Å²) in [7, 11) is 0. The van der Waals surface area contributed by atoms with E-state index in [-0.39, 0.29) is 30.5 Å². The van der Waals surface area contributed by atoms with Crippen molar-refractivity contribution in [2.24, 2.45) is 0 Å². The average molecular weight is 366 g/mol. The molecule has 0 aromatic heterocycles. The van der Waals surface area contributed by atoms with E-state index in [0.29, 0.717) is 25.9 Å². The number of phenolic OH excluding ortho intramolecular Hbond substituents is 3. The van der Waals surface area contributed by atoms with Crippen molar-refractivity contribution in [2.45, 2.75) is 32.2 Å². The molecule has 9 heteroatoms. The number of rotatable bonds is 5. The molecule has 0 atom stereocenters. The second-order valence-corrected chi connectivity index (χ2v) is 5.97. The molecule has 2 rings (SSSR count). The van der Waals surface area contributed by atoms with E-state index in [1.807, 2.05) is 0 Å². The number of hydrogen-bond donors (Lipinski definition) is 4. The van der Waals surface area contributed by atoms with Gasteiger partial charge in [0.1, 0.15) is 6.42 Å². The zero-order valence-corrected chi connectivity index (χ0v) is 14.4. The van der Waals surface area contributed by atoms with Crippen molar-refractivity contribution in [2.75, 3.05) is 19.7 Å². The number of ether oxygens (including phenoxy) is 1. The number of nitrogens with zero attached hydrogens (tertiary/aromatic N) is 1. The molecule has 9 nitrogen and oxygen atoms in total. The Morgan fingerprint density at radius 1 is 1.15 bits per heavy atom. The van der Waals surface area contributed by atoms with Crippen LogP contribution < -0.4 is 5.32 Å². The van der Waals surface area contributed by atoms with E-state index in [1.54, 1.807) is 11.8 Å². The van der Waals surface area contributed by atoms with Crippen LogP contribution in [0, 0.1) is 0 Å². The molecule has 0 spiro atoms. The summed E-state index contributed by atoms with van der Waals surface area (Å²) in [5, 5.41) is 31.0. The van der Waals surface area contributed by atoms with Crippen molar-refractivity contribution < 1.29 is 34.4 Å². The SMILES string of the molecule is CCOC(=O)CC(=O)N1CCC(NC(=O)c2cc(O)c(O)c(O)c2)CC1. The summed E-state index contributed by atoms with van der Waals surface area (Å²) in [6, 6.07) is 1.93. The van der Waals surface area contributed by atoms with Gasteiger partial charge >= 0.3 is 5.97 Å². The van der Waals surface area contributed by atoms with E-state index in [0.717, 1.165) is 12.1 Å². The Balaban J connectivity index is 1.86. The lowest BCUT2D eigenvalue weighted by atomic mass is 10.0. The third-order valence-corrected chi connectivity index (χ3v) is 4.12. The highest BCUT2D eigenvalue weighted by molar-refractivity contribution is 5.96. The molecule has 142 valence electrons. The summed E-state index contributed by atoms with van der Waals surface area (Å²) >= 11 is 0. The summed E-state index contributed by atoms with van der Waals surface area (Å²) in [4.78, 5) is 37.1. The predicted octanol–water partition coefficient (Wildman–Crippen LogP) is 0.477. The van der Waals surface area contributed by atoms with Gasteiger partial charge in [-0.2, -0.15) is 0 Å². The molecule has 0 aliphatic carbocycles. The summed E-state index contributed by atoms with van der Waals surface area (Å²) < 4.78 is 4.75. The van der Waals surface area contributed by atoms with Gasteiger partial charge in [-0.25, -0.2) is 0 Å². The topological polar surface area (TPSA) is 136 Å². The summed E-state index contributed by atoms with van der Waals surface area (Å²) in [6.45, 7) is 2.69. The van der Waals surface area contributed by atoms with Gasteiger partial charge in [-0.3, -0.25) is 14.4 Å². The van der Waals surface area contributed by atoms with Crippen LogP contribution in [0.4, 0.5) is 0 Å². The van der Waals surface area contributed by atoms with E-state index in [2.05, 4.69) is 5.32 Å². The zero-order valence-electron chi connectivity index (χ0n) is 14.4. The van der Waals surface area contributed by atoms with E-state index in [4.69, 9.17) is 4.74 Å². The van der Waals surface area contributed by atoms with E-state index < -0.39 is 29.1 Å². The van der Waals surface area contributed by atoms with Gasteiger partial charge in [0.15, 0.2) is 17.2 Å². The first-order valence-corrected chi connectivity index (χ1v) is 8.31. The van der Waals surface area contributed by atoms with Crippen LogP contribution in [-0.4, -0.2) is 63.7 Å². The Labute approximate surface area is 150 Å². The molecule has 0 bridgehead atoms. The first-order chi connectivity index (χ1) is 12.3. The molecule has 1 saturated heterocycles. The molecule has 1 aliphatic heterocycles. The Bertz CT molecular complexity index is 673. The Morgan fingerprint density at radius 2 is 1.73 bits per heavy atom. The molecule has 1 aromatic carbocycles. The van der Waals surface area contributed by atoms with Crippen LogP contribution in [0.15, 0.2) is 12.1 Å². The standard InChI is InChI=1S/C17H22N2O7/c1-2-26-15(23)9-14(22)19-5-3-11(4-6-19)18-17(25)10-7-12(20)16(24)13(21)8-10/h7-8,11,20-21,24H,2-6,9H2,1H3,(H,18,25). The van der Waals surface area contributed by atoms with Crippen molar-refractivity contribution >= 4 is 17.8 Å². The Kier molecular flexibility index (Phi) is 6.26. The largest absolute Gasteiger partial charge is 0.504 e. The number of piperidine rings is 1. The van der Waals surface area contributed by atoms with Crippen molar-refractivity contribution in [3.63, 3.8) is 0 Å². The molecule has 4 N–H and O–H groups in total. The molecule has 1 heterocycles. The number of esters is 1. The molecule has 2 amide bonds. The second kappa shape index (κ2) is 8.41. The van der Waals surface area contributed by atoms with Crippen LogP contribution in [0.25, 0.3) is 0 Å². The number of hydrogen-bond acceptors (Lipinski definition) is 7. The molecule has 1 fully saturated rings. The lowest BCUT2D eigenvalue weighted by molar-refractivity contribution is -0.149. The van der Waals surface area contributed by atoms with Gasteiger partial charge in [-0.05, 0) is 31.9 Å². The highest BCUT2D eigenvalue weighted by Gasteiger charge is 2.26. The lowest BCUT2D eigenvalue weighted by Crippen LogP contribution is -2.47. The second-order valence-electron chi connectivity index (χ2n) is 5.97. The van der Waals surface area contributed by atoms with E-state index in [1.165, 1.54) is 0 Å². The highest BCUT2D eigenvalue weighted by Crippen LogP contribution is 2.35. The molecule has 1 aromatic rings. The minimum atomic E-state index is -0.685. The third-order valence-electron chi connectivity index (χ3n) is 4.12. The van der Waals surface area contributed by atoms with Gasteiger partial charge in [-0.15, -0.1) is 0 Å². The van der Waals surface area contributed by atoms with Gasteiger partial charge in [-0.1, -0.05) is 0 Å². The first-order valence-electron chi connectivity index (χ1n) is 8.31. The van der Waals surface area contributed by atoms with E-state index >= 15 is 0 Å². The highest BCUT2D eigenvalue weighted by atomic mass is 16.5. The fraction of sp³-hybridized carbons (Fsp3) is 0.471. The molecule has 0 radical (unpaired) electrons. The fourth-order valence-corrected chi connectivity index (χ4v) is 2.72. The van der Waals surface area contributed by atoms with Crippen LogP contribution in [0.1, 0.15) is 36.5 Å². The Hall–Kier alpha value is -2.97. The number of nitrogens with one attached hydrogen (secondary N) is 1. The van der Waals surface area contributed by atoms with Crippen LogP contribution in [-0.2, 0) is 14.3 Å². The number of benzene rings is 1. The van der Waals surface area contributed by atoms with Crippen LogP contribution in [0.5, 0.6) is 17.2 Å². The molecular weight excluding hydrogens is 344 g/mol. The molecule has 1 aliphatic rings. The maximum Gasteiger partial charge on any atom is 0.315 e. The van der Waals surface area contributed by atoms with Gasteiger partial charge < -0.3 is 30.3 Å². The maximum atomic E-state index is 12.2. The van der Waals surface area contributed by atoms with Gasteiger partial charge in [0.2, 0.25) is 5.91 Å². The normalized spacial score (nSPS) is 14.7. The first kappa shape index (κ1) is 19.4. The summed E-state index contributed by atoms with van der Waals surface area (Å²) in [5.74, 6) is -3.23. The monoisotopic (exact) mass is 366 g/mol. The summed E-state index contributed by atoms with van der Waals surface area (Å²) in [5.41, 5.74) is 0.0126. The van der Waals surface area contributed by atoms with Gasteiger partial charge in [0.25, 0.3) is 5.91 Å². The number of phenols is 3.